The Hall–Kier alpha value is -1.52. The van der Waals surface area contributed by atoms with Crippen molar-refractivity contribution in [2.75, 3.05) is 0 Å². The maximum Gasteiger partial charge on any atom is 0.131 e. The normalized spacial score (nSPS) is 12.5. The van der Waals surface area contributed by atoms with Crippen LogP contribution in [-0.4, -0.2) is 14.9 Å². The van der Waals surface area contributed by atoms with Crippen molar-refractivity contribution in [3.05, 3.63) is 45.7 Å². The van der Waals surface area contributed by atoms with Gasteiger partial charge in [-0.3, -0.25) is 4.68 Å². The summed E-state index contributed by atoms with van der Waals surface area (Å²) in [6.45, 7) is 6.06. The van der Waals surface area contributed by atoms with Gasteiger partial charge in [0, 0.05) is 12.6 Å². The van der Waals surface area contributed by atoms with E-state index in [9.17, 15) is 5.11 Å². The molecule has 1 heterocycles. The average molecular weight is 309 g/mol. The summed E-state index contributed by atoms with van der Waals surface area (Å²) >= 11 is 6.32. The fraction of sp³-hybridized carbons (Fsp3) is 0.438. The Kier molecular flexibility index (Phi) is 4.91. The second kappa shape index (κ2) is 6.50. The third kappa shape index (κ3) is 3.39. The van der Waals surface area contributed by atoms with Crippen LogP contribution in [0.15, 0.2) is 18.2 Å². The van der Waals surface area contributed by atoms with Gasteiger partial charge in [0.1, 0.15) is 12.4 Å². The Balaban J connectivity index is 2.24. The van der Waals surface area contributed by atoms with E-state index in [2.05, 4.69) is 5.10 Å². The summed E-state index contributed by atoms with van der Waals surface area (Å²) in [6.07, 6.45) is 0.213. The molecule has 0 spiro atoms. The minimum atomic E-state index is -0.575. The lowest BCUT2D eigenvalue weighted by atomic mass is 10.1. The number of nitrogens with zero attached hydrogens (tertiary/aromatic N) is 2. The lowest BCUT2D eigenvalue weighted by Crippen LogP contribution is -2.06. The van der Waals surface area contributed by atoms with Gasteiger partial charge in [-0.15, -0.1) is 0 Å². The maximum atomic E-state index is 9.82. The number of benzene rings is 1. The molecule has 2 aromatic rings. The largest absolute Gasteiger partial charge is 0.487 e. The van der Waals surface area contributed by atoms with Gasteiger partial charge in [-0.1, -0.05) is 30.7 Å². The summed E-state index contributed by atoms with van der Waals surface area (Å²) in [6, 6.07) is 5.77. The topological polar surface area (TPSA) is 47.3 Å². The van der Waals surface area contributed by atoms with E-state index >= 15 is 0 Å². The van der Waals surface area contributed by atoms with Crippen LogP contribution in [0.5, 0.6) is 5.75 Å². The number of halogens is 1. The lowest BCUT2D eigenvalue weighted by Gasteiger charge is -2.14. The molecule has 0 fully saturated rings. The highest BCUT2D eigenvalue weighted by atomic mass is 35.5. The van der Waals surface area contributed by atoms with Crippen LogP contribution < -0.4 is 4.74 Å². The van der Waals surface area contributed by atoms with E-state index in [1.165, 1.54) is 0 Å². The van der Waals surface area contributed by atoms with E-state index < -0.39 is 6.10 Å². The van der Waals surface area contributed by atoms with Crippen molar-refractivity contribution < 1.29 is 9.84 Å². The predicted octanol–water partition coefficient (Wildman–Crippen LogP) is 3.58. The Morgan fingerprint density at radius 1 is 1.43 bits per heavy atom. The molecule has 2 rings (SSSR count). The van der Waals surface area contributed by atoms with Crippen molar-refractivity contribution in [2.45, 2.75) is 39.9 Å². The van der Waals surface area contributed by atoms with Crippen molar-refractivity contribution in [3.8, 4) is 5.75 Å². The van der Waals surface area contributed by atoms with Gasteiger partial charge < -0.3 is 9.84 Å². The van der Waals surface area contributed by atoms with Crippen molar-refractivity contribution in [2.24, 2.45) is 7.05 Å². The molecule has 0 aliphatic carbocycles. The van der Waals surface area contributed by atoms with E-state index in [4.69, 9.17) is 16.3 Å². The number of ether oxygens (including phenoxy) is 1. The molecule has 4 nitrogen and oxygen atoms in total. The molecule has 1 unspecified atom stereocenters. The van der Waals surface area contributed by atoms with Crippen LogP contribution in [-0.2, 0) is 20.1 Å². The quantitative estimate of drug-likeness (QED) is 0.918. The van der Waals surface area contributed by atoms with Gasteiger partial charge in [-0.2, -0.15) is 5.10 Å². The van der Waals surface area contributed by atoms with Crippen molar-refractivity contribution in [3.63, 3.8) is 0 Å². The number of aliphatic hydroxyl groups is 1. The smallest absolute Gasteiger partial charge is 0.131 e. The van der Waals surface area contributed by atoms with E-state index in [-0.39, 0.29) is 0 Å². The minimum absolute atomic E-state index is 0.325. The molecule has 114 valence electrons. The number of aryl methyl sites for hydroxylation is 3. The summed E-state index contributed by atoms with van der Waals surface area (Å²) < 4.78 is 7.63. The maximum absolute atomic E-state index is 9.82. The number of aliphatic hydroxyl groups excluding tert-OH is 1. The Morgan fingerprint density at radius 2 is 2.14 bits per heavy atom. The molecule has 1 atom stereocenters. The average Bonchev–Trinajstić information content (AvgIpc) is 2.71. The molecule has 0 radical (unpaired) electrons. The minimum Gasteiger partial charge on any atom is -0.487 e. The third-order valence-corrected chi connectivity index (χ3v) is 3.92. The van der Waals surface area contributed by atoms with Crippen LogP contribution in [0, 0.1) is 6.92 Å². The molecule has 0 saturated heterocycles. The van der Waals surface area contributed by atoms with E-state index in [1.807, 2.05) is 39.1 Å². The van der Waals surface area contributed by atoms with E-state index in [0.29, 0.717) is 17.4 Å². The molecule has 0 amide bonds. The van der Waals surface area contributed by atoms with E-state index in [0.717, 1.165) is 28.9 Å². The summed E-state index contributed by atoms with van der Waals surface area (Å²) in [5.41, 5.74) is 3.57. The molecule has 1 aromatic carbocycles. The van der Waals surface area contributed by atoms with Gasteiger partial charge in [0.25, 0.3) is 0 Å². The molecule has 1 aromatic heterocycles. The third-order valence-electron chi connectivity index (χ3n) is 3.49. The van der Waals surface area contributed by atoms with Gasteiger partial charge in [0.15, 0.2) is 0 Å². The number of hydrogen-bond donors (Lipinski definition) is 1. The van der Waals surface area contributed by atoms with Gasteiger partial charge in [-0.05, 0) is 31.9 Å². The van der Waals surface area contributed by atoms with Gasteiger partial charge in [0.2, 0.25) is 0 Å². The summed E-state index contributed by atoms with van der Waals surface area (Å²) in [7, 11) is 1.86. The zero-order valence-corrected chi connectivity index (χ0v) is 13.6. The first-order chi connectivity index (χ1) is 9.93. The molecule has 0 aliphatic rings. The summed E-state index contributed by atoms with van der Waals surface area (Å²) in [5, 5.41) is 14.9. The Labute approximate surface area is 130 Å². The van der Waals surface area contributed by atoms with Crippen molar-refractivity contribution in [1.29, 1.82) is 0 Å². The van der Waals surface area contributed by atoms with Crippen LogP contribution >= 0.6 is 11.6 Å². The first kappa shape index (κ1) is 15.9. The lowest BCUT2D eigenvalue weighted by molar-refractivity contribution is 0.189. The Bertz CT molecular complexity index is 635. The zero-order valence-electron chi connectivity index (χ0n) is 12.9. The number of aromatic nitrogens is 2. The highest BCUT2D eigenvalue weighted by molar-refractivity contribution is 6.31. The van der Waals surface area contributed by atoms with Crippen LogP contribution in [0.3, 0.4) is 0 Å². The fourth-order valence-electron chi connectivity index (χ4n) is 2.23. The van der Waals surface area contributed by atoms with Crippen LogP contribution in [0.4, 0.5) is 0 Å². The molecular weight excluding hydrogens is 288 g/mol. The van der Waals surface area contributed by atoms with Gasteiger partial charge >= 0.3 is 0 Å². The number of rotatable bonds is 5. The standard InChI is InChI=1S/C16H21ClN2O2/c1-5-13-16(17)14(19(4)18-13)9-21-15-8-10(2)6-7-12(15)11(3)20/h6-8,11,20H,5,9H2,1-4H3. The molecule has 0 saturated carbocycles. The van der Waals surface area contributed by atoms with Gasteiger partial charge in [-0.25, -0.2) is 0 Å². The Morgan fingerprint density at radius 3 is 2.71 bits per heavy atom. The second-order valence-corrected chi connectivity index (χ2v) is 5.57. The van der Waals surface area contributed by atoms with Crippen LogP contribution in [0.1, 0.15) is 42.5 Å². The molecule has 5 heteroatoms. The molecule has 21 heavy (non-hydrogen) atoms. The fourth-order valence-corrected chi connectivity index (χ4v) is 2.58. The van der Waals surface area contributed by atoms with E-state index in [1.54, 1.807) is 11.6 Å². The number of hydrogen-bond acceptors (Lipinski definition) is 3. The summed E-state index contributed by atoms with van der Waals surface area (Å²) in [4.78, 5) is 0. The zero-order chi connectivity index (χ0) is 15.6. The van der Waals surface area contributed by atoms with Crippen molar-refractivity contribution in [1.82, 2.24) is 9.78 Å². The molecule has 0 aliphatic heterocycles. The van der Waals surface area contributed by atoms with Crippen LogP contribution in [0.2, 0.25) is 5.02 Å². The second-order valence-electron chi connectivity index (χ2n) is 5.19. The first-order valence-corrected chi connectivity index (χ1v) is 7.43. The first-order valence-electron chi connectivity index (χ1n) is 7.05. The molecule has 0 bridgehead atoms. The highest BCUT2D eigenvalue weighted by Gasteiger charge is 2.15. The molecule has 1 N–H and O–H groups in total. The van der Waals surface area contributed by atoms with Gasteiger partial charge in [0.05, 0.1) is 22.5 Å². The van der Waals surface area contributed by atoms with Crippen molar-refractivity contribution >= 4 is 11.6 Å². The SMILES string of the molecule is CCc1nn(C)c(COc2cc(C)ccc2C(C)O)c1Cl. The van der Waals surface area contributed by atoms with Crippen LogP contribution in [0.25, 0.3) is 0 Å². The highest BCUT2D eigenvalue weighted by Crippen LogP contribution is 2.28. The summed E-state index contributed by atoms with van der Waals surface area (Å²) in [5.74, 6) is 0.681. The predicted molar refractivity (Wildman–Crippen MR) is 83.7 cm³/mol. The monoisotopic (exact) mass is 308 g/mol. The molecular formula is C16H21ClN2O2.